The van der Waals surface area contributed by atoms with Gasteiger partial charge in [0.1, 0.15) is 18.3 Å². The van der Waals surface area contributed by atoms with Crippen molar-refractivity contribution in [2.75, 3.05) is 13.8 Å². The first-order valence-electron chi connectivity index (χ1n) is 7.04. The van der Waals surface area contributed by atoms with E-state index in [2.05, 4.69) is 32.6 Å². The maximum atomic E-state index is 11.7. The topological polar surface area (TPSA) is 55.8 Å². The highest BCUT2D eigenvalue weighted by Crippen LogP contribution is 2.39. The normalized spacial score (nSPS) is 22.5. The van der Waals surface area contributed by atoms with E-state index >= 15 is 0 Å². The lowest BCUT2D eigenvalue weighted by molar-refractivity contribution is -0.167. The number of carbonyl (C=O) groups is 2. The van der Waals surface area contributed by atoms with E-state index in [0.717, 1.165) is 12.8 Å². The third-order valence-corrected chi connectivity index (χ3v) is 3.87. The number of hydrogen-bond donors (Lipinski definition) is 0. The molecule has 0 bridgehead atoms. The molecular formula is C15H27NO4. The molecular weight excluding hydrogens is 258 g/mol. The second-order valence-corrected chi connectivity index (χ2v) is 6.87. The largest absolute Gasteiger partial charge is 0.462 e. The second-order valence-electron chi connectivity index (χ2n) is 6.87. The van der Waals surface area contributed by atoms with Crippen LogP contribution in [0.15, 0.2) is 0 Å². The van der Waals surface area contributed by atoms with Crippen LogP contribution in [0.1, 0.15) is 53.9 Å². The fraction of sp³-hybridized carbons (Fsp3) is 0.867. The van der Waals surface area contributed by atoms with Crippen LogP contribution in [-0.4, -0.2) is 47.7 Å². The molecule has 0 saturated carbocycles. The lowest BCUT2D eigenvalue weighted by atomic mass is 9.78. The maximum Gasteiger partial charge on any atom is 0.313 e. The molecule has 1 saturated heterocycles. The first-order valence-corrected chi connectivity index (χ1v) is 7.04. The third-order valence-electron chi connectivity index (χ3n) is 3.87. The first-order chi connectivity index (χ1) is 9.08. The smallest absolute Gasteiger partial charge is 0.313 e. The van der Waals surface area contributed by atoms with Crippen LogP contribution < -0.4 is 0 Å². The number of carbonyl (C=O) groups excluding carboxylic acids is 2. The summed E-state index contributed by atoms with van der Waals surface area (Å²) < 4.78 is 10.8. The van der Waals surface area contributed by atoms with Crippen LogP contribution in [0.25, 0.3) is 0 Å². The van der Waals surface area contributed by atoms with Crippen molar-refractivity contribution in [3.63, 3.8) is 0 Å². The molecule has 0 amide bonds. The van der Waals surface area contributed by atoms with Crippen LogP contribution in [0.4, 0.5) is 0 Å². The van der Waals surface area contributed by atoms with Gasteiger partial charge in [0.15, 0.2) is 0 Å². The fourth-order valence-corrected chi connectivity index (χ4v) is 3.22. The number of ether oxygens (including phenoxy) is 2. The summed E-state index contributed by atoms with van der Waals surface area (Å²) in [4.78, 5) is 24.9. The third kappa shape index (κ3) is 4.28. The molecule has 116 valence electrons. The predicted octanol–water partition coefficient (Wildman–Crippen LogP) is 2.13. The Morgan fingerprint density at radius 3 is 2.05 bits per heavy atom. The van der Waals surface area contributed by atoms with Crippen molar-refractivity contribution in [2.45, 2.75) is 71.1 Å². The van der Waals surface area contributed by atoms with Crippen LogP contribution in [0.5, 0.6) is 0 Å². The van der Waals surface area contributed by atoms with Crippen molar-refractivity contribution < 1.29 is 19.1 Å². The van der Waals surface area contributed by atoms with Gasteiger partial charge in [-0.3, -0.25) is 14.5 Å². The van der Waals surface area contributed by atoms with Crippen molar-refractivity contribution in [3.05, 3.63) is 0 Å². The van der Waals surface area contributed by atoms with Crippen LogP contribution in [-0.2, 0) is 19.1 Å². The van der Waals surface area contributed by atoms with Crippen molar-refractivity contribution in [2.24, 2.45) is 0 Å². The minimum Gasteiger partial charge on any atom is -0.462 e. The lowest BCUT2D eigenvalue weighted by Crippen LogP contribution is -2.62. The minimum atomic E-state index is -0.422. The van der Waals surface area contributed by atoms with Crippen LogP contribution in [0, 0.1) is 0 Å². The zero-order chi connectivity index (χ0) is 15.6. The van der Waals surface area contributed by atoms with E-state index in [0.29, 0.717) is 6.73 Å². The van der Waals surface area contributed by atoms with Gasteiger partial charge in [-0.25, -0.2) is 0 Å². The summed E-state index contributed by atoms with van der Waals surface area (Å²) >= 11 is 0. The number of hydrogen-bond acceptors (Lipinski definition) is 5. The van der Waals surface area contributed by atoms with Crippen molar-refractivity contribution >= 4 is 11.8 Å². The number of nitrogens with zero attached hydrogens (tertiary/aromatic N) is 1. The molecule has 0 aromatic rings. The van der Waals surface area contributed by atoms with Gasteiger partial charge < -0.3 is 9.47 Å². The van der Waals surface area contributed by atoms with E-state index in [1.165, 1.54) is 6.92 Å². The zero-order valence-corrected chi connectivity index (χ0v) is 13.5. The Bertz CT molecular complexity index is 358. The number of ketones is 1. The Morgan fingerprint density at radius 2 is 1.65 bits per heavy atom. The van der Waals surface area contributed by atoms with Gasteiger partial charge in [-0.15, -0.1) is 0 Å². The van der Waals surface area contributed by atoms with Gasteiger partial charge in [0.2, 0.25) is 0 Å². The van der Waals surface area contributed by atoms with E-state index in [9.17, 15) is 9.59 Å². The Hall–Kier alpha value is -0.940. The van der Waals surface area contributed by atoms with Gasteiger partial charge >= 0.3 is 5.97 Å². The molecule has 0 N–H and O–H groups in total. The number of esters is 1. The summed E-state index contributed by atoms with van der Waals surface area (Å²) in [5.41, 5.74) is -0.252. The summed E-state index contributed by atoms with van der Waals surface area (Å²) in [6.45, 7) is 10.4. The number of likely N-dealkylation sites (tertiary alicyclic amines) is 1. The number of Topliss-reactive ketones (excluding diaryl/α,β-unsaturated/α-hetero) is 1. The molecule has 1 rings (SSSR count). The summed E-state index contributed by atoms with van der Waals surface area (Å²) in [7, 11) is 1.69. The summed E-state index contributed by atoms with van der Waals surface area (Å²) in [5, 5.41) is 0. The average molecular weight is 285 g/mol. The average Bonchev–Trinajstić information content (AvgIpc) is 2.20. The molecule has 5 nitrogen and oxygen atoms in total. The second kappa shape index (κ2) is 6.22. The Labute approximate surface area is 121 Å². The van der Waals surface area contributed by atoms with Crippen molar-refractivity contribution in [1.29, 1.82) is 0 Å². The van der Waals surface area contributed by atoms with Gasteiger partial charge in [0.25, 0.3) is 0 Å². The molecule has 5 heteroatoms. The Morgan fingerprint density at radius 1 is 1.15 bits per heavy atom. The highest BCUT2D eigenvalue weighted by atomic mass is 16.5. The molecule has 0 aromatic heterocycles. The summed E-state index contributed by atoms with van der Waals surface area (Å²) in [5.74, 6) is -0.584. The van der Waals surface area contributed by atoms with E-state index in [-0.39, 0.29) is 29.4 Å². The summed E-state index contributed by atoms with van der Waals surface area (Å²) in [6, 6.07) is 0. The Kier molecular flexibility index (Phi) is 5.33. The van der Waals surface area contributed by atoms with Crippen LogP contribution >= 0.6 is 0 Å². The minimum absolute atomic E-state index is 0.126. The fourth-order valence-electron chi connectivity index (χ4n) is 3.22. The molecule has 1 heterocycles. The lowest BCUT2D eigenvalue weighted by Gasteiger charge is -2.54. The number of piperidine rings is 1. The van der Waals surface area contributed by atoms with Crippen LogP contribution in [0.3, 0.4) is 0 Å². The monoisotopic (exact) mass is 285 g/mol. The highest BCUT2D eigenvalue weighted by molar-refractivity contribution is 5.94. The summed E-state index contributed by atoms with van der Waals surface area (Å²) in [6.07, 6.45) is 1.19. The van der Waals surface area contributed by atoms with Gasteiger partial charge in [0.05, 0.1) is 6.73 Å². The molecule has 0 spiro atoms. The maximum absolute atomic E-state index is 11.7. The van der Waals surface area contributed by atoms with Crippen molar-refractivity contribution in [3.8, 4) is 0 Å². The number of methoxy groups -OCH3 is 1. The molecule has 20 heavy (non-hydrogen) atoms. The number of rotatable bonds is 5. The van der Waals surface area contributed by atoms with Gasteiger partial charge in [0, 0.05) is 31.0 Å². The van der Waals surface area contributed by atoms with E-state index in [1.807, 2.05) is 0 Å². The van der Waals surface area contributed by atoms with Crippen molar-refractivity contribution in [1.82, 2.24) is 4.90 Å². The quantitative estimate of drug-likeness (QED) is 0.572. The SMILES string of the molecule is COCN1C(C)(C)CC(OC(=O)CC(C)=O)CC1(C)C. The molecule has 0 radical (unpaired) electrons. The molecule has 1 aliphatic heterocycles. The molecule has 0 unspecified atom stereocenters. The predicted molar refractivity (Wildman–Crippen MR) is 76.3 cm³/mol. The van der Waals surface area contributed by atoms with Crippen LogP contribution in [0.2, 0.25) is 0 Å². The first kappa shape index (κ1) is 17.1. The van der Waals surface area contributed by atoms with E-state index < -0.39 is 5.97 Å². The zero-order valence-electron chi connectivity index (χ0n) is 13.5. The molecule has 1 fully saturated rings. The van der Waals surface area contributed by atoms with E-state index in [4.69, 9.17) is 9.47 Å². The molecule has 0 atom stereocenters. The van der Waals surface area contributed by atoms with Gasteiger partial charge in [-0.1, -0.05) is 0 Å². The van der Waals surface area contributed by atoms with Gasteiger partial charge in [-0.05, 0) is 34.6 Å². The molecule has 0 aromatic carbocycles. The van der Waals surface area contributed by atoms with E-state index in [1.54, 1.807) is 7.11 Å². The highest BCUT2D eigenvalue weighted by Gasteiger charge is 2.46. The molecule has 1 aliphatic rings. The molecule has 0 aliphatic carbocycles. The standard InChI is InChI=1S/C15H27NO4/c1-11(17)7-13(18)20-12-8-14(2,3)16(10-19-6)15(4,5)9-12/h12H,7-10H2,1-6H3. The van der Waals surface area contributed by atoms with Gasteiger partial charge in [-0.2, -0.15) is 0 Å². The Balaban J connectivity index is 2.76.